The molecule has 0 spiro atoms. The molecule has 1 atom stereocenters. The molecule has 2 aliphatic heterocycles. The second kappa shape index (κ2) is 4.81. The van der Waals surface area contributed by atoms with E-state index in [4.69, 9.17) is 5.11 Å². The summed E-state index contributed by atoms with van der Waals surface area (Å²) in [5, 5.41) is 11.6. The molecule has 8 heteroatoms. The maximum absolute atomic E-state index is 12.5. The normalized spacial score (nSPS) is 22.1. The highest BCUT2D eigenvalue weighted by Crippen LogP contribution is 2.29. The van der Waals surface area contributed by atoms with Crippen molar-refractivity contribution in [1.82, 2.24) is 4.31 Å². The largest absolute Gasteiger partial charge is 0.481 e. The highest BCUT2D eigenvalue weighted by atomic mass is 32.2. The molecular formula is C13H14N2O5S. The Kier molecular flexibility index (Phi) is 3.22. The molecule has 1 aromatic carbocycles. The monoisotopic (exact) mass is 310 g/mol. The fraction of sp³-hybridized carbons (Fsp3) is 0.385. The van der Waals surface area contributed by atoms with Crippen LogP contribution in [0.1, 0.15) is 12.0 Å². The summed E-state index contributed by atoms with van der Waals surface area (Å²) in [7, 11) is -3.71. The van der Waals surface area contributed by atoms with Crippen LogP contribution in [0.5, 0.6) is 0 Å². The second-order valence-electron chi connectivity index (χ2n) is 5.23. The molecule has 1 amide bonds. The third-order valence-electron chi connectivity index (χ3n) is 3.84. The first kappa shape index (κ1) is 14.0. The Balaban J connectivity index is 1.88. The van der Waals surface area contributed by atoms with Gasteiger partial charge in [-0.05, 0) is 30.2 Å². The lowest BCUT2D eigenvalue weighted by Gasteiger charge is -2.16. The predicted molar refractivity (Wildman–Crippen MR) is 73.3 cm³/mol. The Morgan fingerprint density at radius 3 is 2.81 bits per heavy atom. The van der Waals surface area contributed by atoms with E-state index in [1.165, 1.54) is 16.4 Å². The Labute approximate surface area is 121 Å². The zero-order valence-electron chi connectivity index (χ0n) is 11.1. The molecule has 0 radical (unpaired) electrons. The van der Waals surface area contributed by atoms with Crippen LogP contribution < -0.4 is 5.32 Å². The van der Waals surface area contributed by atoms with Gasteiger partial charge in [-0.15, -0.1) is 0 Å². The quantitative estimate of drug-likeness (QED) is 0.834. The lowest BCUT2D eigenvalue weighted by molar-refractivity contribution is -0.141. The van der Waals surface area contributed by atoms with Crippen LogP contribution >= 0.6 is 0 Å². The van der Waals surface area contributed by atoms with Gasteiger partial charge in [0.25, 0.3) is 0 Å². The fourth-order valence-electron chi connectivity index (χ4n) is 2.66. The first-order valence-corrected chi connectivity index (χ1v) is 7.97. The number of carboxylic acid groups (broad SMARTS) is 1. The number of sulfonamides is 1. The topological polar surface area (TPSA) is 104 Å². The number of amides is 1. The van der Waals surface area contributed by atoms with E-state index in [2.05, 4.69) is 5.32 Å². The van der Waals surface area contributed by atoms with Gasteiger partial charge in [-0.1, -0.05) is 0 Å². The Morgan fingerprint density at radius 2 is 2.14 bits per heavy atom. The maximum atomic E-state index is 12.5. The molecule has 1 saturated heterocycles. The summed E-state index contributed by atoms with van der Waals surface area (Å²) in [5.74, 6) is -1.79. The van der Waals surface area contributed by atoms with Crippen LogP contribution in [0.25, 0.3) is 0 Å². The van der Waals surface area contributed by atoms with Gasteiger partial charge in [0.05, 0.1) is 17.2 Å². The molecule has 3 rings (SSSR count). The number of aliphatic carboxylic acids is 1. The summed E-state index contributed by atoms with van der Waals surface area (Å²) in [6.45, 7) is 0.194. The first-order valence-electron chi connectivity index (χ1n) is 6.53. The number of hydrogen-bond donors (Lipinski definition) is 2. The van der Waals surface area contributed by atoms with Crippen molar-refractivity contribution in [3.63, 3.8) is 0 Å². The number of rotatable bonds is 3. The third-order valence-corrected chi connectivity index (χ3v) is 5.70. The summed E-state index contributed by atoms with van der Waals surface area (Å²) in [6, 6.07) is 4.49. The number of carbonyl (C=O) groups excluding carboxylic acids is 1. The highest BCUT2D eigenvalue weighted by Gasteiger charge is 2.36. The van der Waals surface area contributed by atoms with Gasteiger partial charge in [-0.3, -0.25) is 9.59 Å². The molecule has 2 N–H and O–H groups in total. The van der Waals surface area contributed by atoms with Crippen LogP contribution in [0.3, 0.4) is 0 Å². The van der Waals surface area contributed by atoms with Crippen molar-refractivity contribution in [1.29, 1.82) is 0 Å². The number of nitrogens with one attached hydrogen (secondary N) is 1. The van der Waals surface area contributed by atoms with E-state index in [0.29, 0.717) is 17.7 Å². The second-order valence-corrected chi connectivity index (χ2v) is 7.17. The number of carboxylic acids is 1. The lowest BCUT2D eigenvalue weighted by atomic mass is 10.1. The van der Waals surface area contributed by atoms with Crippen molar-refractivity contribution in [3.8, 4) is 0 Å². The number of carbonyl (C=O) groups is 2. The smallest absolute Gasteiger partial charge is 0.307 e. The van der Waals surface area contributed by atoms with Crippen LogP contribution in [-0.4, -0.2) is 42.8 Å². The van der Waals surface area contributed by atoms with E-state index in [1.807, 2.05) is 0 Å². The summed E-state index contributed by atoms with van der Waals surface area (Å²) in [5.41, 5.74) is 1.28. The van der Waals surface area contributed by atoms with Gasteiger partial charge in [0, 0.05) is 18.8 Å². The summed E-state index contributed by atoms with van der Waals surface area (Å²) < 4.78 is 26.2. The molecule has 1 unspecified atom stereocenters. The average molecular weight is 310 g/mol. The van der Waals surface area contributed by atoms with Crippen LogP contribution in [-0.2, 0) is 26.0 Å². The molecule has 112 valence electrons. The Morgan fingerprint density at radius 1 is 1.38 bits per heavy atom. The molecule has 7 nitrogen and oxygen atoms in total. The molecule has 1 aromatic rings. The standard InChI is InChI=1S/C13H14N2O5S/c16-12-6-9-5-10(1-2-11(9)14-12)21(19,20)15-4-3-8(7-15)13(17)18/h1-2,5,8H,3-4,6-7H2,(H,14,16)(H,17,18). The van der Waals surface area contributed by atoms with Crippen molar-refractivity contribution in [2.75, 3.05) is 18.4 Å². The molecule has 2 heterocycles. The van der Waals surface area contributed by atoms with Gasteiger partial charge < -0.3 is 10.4 Å². The summed E-state index contributed by atoms with van der Waals surface area (Å²) >= 11 is 0. The molecular weight excluding hydrogens is 296 g/mol. The third kappa shape index (κ3) is 2.40. The molecule has 0 bridgehead atoms. The van der Waals surface area contributed by atoms with Crippen LogP contribution in [0, 0.1) is 5.92 Å². The summed E-state index contributed by atoms with van der Waals surface area (Å²) in [4.78, 5) is 22.3. The fourth-order valence-corrected chi connectivity index (χ4v) is 4.21. The van der Waals surface area contributed by atoms with Crippen molar-refractivity contribution in [2.45, 2.75) is 17.7 Å². The Bertz CT molecular complexity index is 728. The van der Waals surface area contributed by atoms with Crippen molar-refractivity contribution >= 4 is 27.6 Å². The van der Waals surface area contributed by atoms with Gasteiger partial charge in [-0.2, -0.15) is 4.31 Å². The Hall–Kier alpha value is -1.93. The molecule has 0 aliphatic carbocycles. The predicted octanol–water partition coefficient (Wildman–Crippen LogP) is 0.276. The number of anilines is 1. The highest BCUT2D eigenvalue weighted by molar-refractivity contribution is 7.89. The van der Waals surface area contributed by atoms with Gasteiger partial charge in [-0.25, -0.2) is 8.42 Å². The van der Waals surface area contributed by atoms with Gasteiger partial charge in [0.1, 0.15) is 0 Å². The number of benzene rings is 1. The molecule has 0 aromatic heterocycles. The van der Waals surface area contributed by atoms with E-state index in [1.54, 1.807) is 6.07 Å². The minimum atomic E-state index is -3.71. The van der Waals surface area contributed by atoms with Gasteiger partial charge in [0.2, 0.25) is 15.9 Å². The zero-order chi connectivity index (χ0) is 15.2. The molecule has 0 saturated carbocycles. The number of nitrogens with zero attached hydrogens (tertiary/aromatic N) is 1. The lowest BCUT2D eigenvalue weighted by Crippen LogP contribution is -2.30. The van der Waals surface area contributed by atoms with Crippen LogP contribution in [0.4, 0.5) is 5.69 Å². The summed E-state index contributed by atoms with van der Waals surface area (Å²) in [6.07, 6.45) is 0.482. The molecule has 21 heavy (non-hydrogen) atoms. The average Bonchev–Trinajstić information content (AvgIpc) is 3.03. The van der Waals surface area contributed by atoms with Gasteiger partial charge >= 0.3 is 5.97 Å². The van der Waals surface area contributed by atoms with E-state index in [9.17, 15) is 18.0 Å². The van der Waals surface area contributed by atoms with Crippen LogP contribution in [0.2, 0.25) is 0 Å². The van der Waals surface area contributed by atoms with Crippen molar-refractivity contribution in [3.05, 3.63) is 23.8 Å². The molecule has 2 aliphatic rings. The number of hydrogen-bond acceptors (Lipinski definition) is 4. The SMILES string of the molecule is O=C1Cc2cc(S(=O)(=O)N3CCC(C(=O)O)C3)ccc2N1. The van der Waals surface area contributed by atoms with E-state index in [0.717, 1.165) is 0 Å². The first-order chi connectivity index (χ1) is 9.88. The van der Waals surface area contributed by atoms with E-state index >= 15 is 0 Å². The van der Waals surface area contributed by atoms with Crippen LogP contribution in [0.15, 0.2) is 23.1 Å². The van der Waals surface area contributed by atoms with Crippen molar-refractivity contribution in [2.24, 2.45) is 5.92 Å². The maximum Gasteiger partial charge on any atom is 0.307 e. The van der Waals surface area contributed by atoms with E-state index in [-0.39, 0.29) is 30.3 Å². The number of fused-ring (bicyclic) bond motifs is 1. The molecule has 1 fully saturated rings. The minimum absolute atomic E-state index is 0.00800. The van der Waals surface area contributed by atoms with Gasteiger partial charge in [0.15, 0.2) is 0 Å². The van der Waals surface area contributed by atoms with Crippen molar-refractivity contribution < 1.29 is 23.1 Å². The minimum Gasteiger partial charge on any atom is -0.481 e. The zero-order valence-corrected chi connectivity index (χ0v) is 11.9. The van der Waals surface area contributed by atoms with E-state index < -0.39 is 21.9 Å².